The molecule has 14 heteroatoms. The molecule has 0 aliphatic carbocycles. The first-order valence-electron chi connectivity index (χ1n) is 13.1. The van der Waals surface area contributed by atoms with Crippen molar-refractivity contribution in [2.75, 3.05) is 44.8 Å². The van der Waals surface area contributed by atoms with E-state index in [0.29, 0.717) is 37.4 Å². The van der Waals surface area contributed by atoms with Crippen molar-refractivity contribution in [2.45, 2.75) is 43.8 Å². The van der Waals surface area contributed by atoms with Gasteiger partial charge in [0.15, 0.2) is 11.8 Å². The molecule has 4 atom stereocenters. The number of aryl methyl sites for hydroxylation is 1. The molecule has 0 saturated carbocycles. The standard InChI is InChI=1S/C26H28ClF2N5O6/c27-15-9-18-25(33-26(31-18)40-20-12-39-22-19(35)11-38-23(20)22)32-24(15)30-10-14-16(28)7-13(8-17(14)29)1-2-21(36)34-3-5-37-6-4-34/h7-9,19-20,22-23,35H,1-6,10-12H2,(H2,30,31,32,33)/t19-,20-,22-,23-/m1/s1. The van der Waals surface area contributed by atoms with E-state index in [9.17, 15) is 18.7 Å². The Labute approximate surface area is 232 Å². The van der Waals surface area contributed by atoms with Crippen LogP contribution in [0.2, 0.25) is 5.02 Å². The molecule has 40 heavy (non-hydrogen) atoms. The summed E-state index contributed by atoms with van der Waals surface area (Å²) in [6.45, 7) is 2.25. The molecule has 0 bridgehead atoms. The van der Waals surface area contributed by atoms with Gasteiger partial charge in [-0.25, -0.2) is 13.8 Å². The highest BCUT2D eigenvalue weighted by Gasteiger charge is 2.48. The highest BCUT2D eigenvalue weighted by Crippen LogP contribution is 2.31. The van der Waals surface area contributed by atoms with Crippen molar-refractivity contribution in [3.8, 4) is 6.01 Å². The lowest BCUT2D eigenvalue weighted by Crippen LogP contribution is -2.40. The lowest BCUT2D eigenvalue weighted by molar-refractivity contribution is -0.135. The number of imidazole rings is 1. The van der Waals surface area contributed by atoms with Crippen LogP contribution in [0.4, 0.5) is 14.6 Å². The van der Waals surface area contributed by atoms with Crippen molar-refractivity contribution in [1.82, 2.24) is 19.9 Å². The summed E-state index contributed by atoms with van der Waals surface area (Å²) in [5, 5.41) is 13.0. The Morgan fingerprint density at radius 1 is 1.15 bits per heavy atom. The van der Waals surface area contributed by atoms with Crippen molar-refractivity contribution >= 4 is 34.5 Å². The monoisotopic (exact) mass is 579 g/mol. The van der Waals surface area contributed by atoms with Gasteiger partial charge in [-0.15, -0.1) is 0 Å². The number of carbonyl (C=O) groups excluding carboxylic acids is 1. The fourth-order valence-electron chi connectivity index (χ4n) is 5.13. The van der Waals surface area contributed by atoms with Gasteiger partial charge in [0, 0.05) is 31.6 Å². The molecule has 1 aromatic carbocycles. The van der Waals surface area contributed by atoms with Crippen LogP contribution in [0, 0.1) is 11.6 Å². The first-order chi connectivity index (χ1) is 19.4. The number of anilines is 1. The number of carbonyl (C=O) groups is 1. The van der Waals surface area contributed by atoms with Gasteiger partial charge in [0.1, 0.15) is 35.8 Å². The highest BCUT2D eigenvalue weighted by molar-refractivity contribution is 6.33. The Morgan fingerprint density at radius 3 is 2.67 bits per heavy atom. The van der Waals surface area contributed by atoms with Crippen LogP contribution < -0.4 is 10.1 Å². The van der Waals surface area contributed by atoms with E-state index in [4.69, 9.17) is 30.5 Å². The number of aliphatic hydroxyl groups is 1. The molecule has 11 nitrogen and oxygen atoms in total. The van der Waals surface area contributed by atoms with Gasteiger partial charge < -0.3 is 39.3 Å². The van der Waals surface area contributed by atoms with E-state index in [1.54, 1.807) is 11.0 Å². The lowest BCUT2D eigenvalue weighted by Gasteiger charge is -2.26. The molecule has 0 radical (unpaired) electrons. The van der Waals surface area contributed by atoms with Crippen LogP contribution in [0.25, 0.3) is 11.2 Å². The number of rotatable bonds is 8. The van der Waals surface area contributed by atoms with Gasteiger partial charge in [0.25, 0.3) is 6.01 Å². The van der Waals surface area contributed by atoms with Crippen molar-refractivity contribution < 1.29 is 37.6 Å². The number of amides is 1. The molecule has 0 spiro atoms. The zero-order valence-electron chi connectivity index (χ0n) is 21.4. The minimum Gasteiger partial charge on any atom is -0.456 e. The molecule has 3 fully saturated rings. The second-order valence-electron chi connectivity index (χ2n) is 9.94. The first-order valence-corrected chi connectivity index (χ1v) is 13.4. The maximum Gasteiger partial charge on any atom is 0.296 e. The maximum absolute atomic E-state index is 14.8. The Hall–Kier alpha value is -3.10. The molecular formula is C26H28ClF2N5O6. The van der Waals surface area contributed by atoms with Gasteiger partial charge in [0.2, 0.25) is 5.91 Å². The number of hydrogen-bond donors (Lipinski definition) is 3. The Kier molecular flexibility index (Phi) is 7.73. The second-order valence-corrected chi connectivity index (χ2v) is 10.3. The highest BCUT2D eigenvalue weighted by atomic mass is 35.5. The summed E-state index contributed by atoms with van der Waals surface area (Å²) in [7, 11) is 0. The molecule has 3 aliphatic heterocycles. The number of morpholine rings is 1. The number of fused-ring (bicyclic) bond motifs is 2. The van der Waals surface area contributed by atoms with E-state index in [-0.39, 0.29) is 66.6 Å². The molecule has 3 aliphatic rings. The first kappa shape index (κ1) is 27.1. The molecule has 3 aromatic rings. The molecule has 5 heterocycles. The number of pyridine rings is 1. The third kappa shape index (κ3) is 5.56. The number of aromatic amines is 1. The quantitative estimate of drug-likeness (QED) is 0.367. The number of hydrogen-bond acceptors (Lipinski definition) is 9. The minimum atomic E-state index is -0.731. The number of benzene rings is 1. The number of ether oxygens (including phenoxy) is 4. The summed E-state index contributed by atoms with van der Waals surface area (Å²) in [5.74, 6) is -1.34. The van der Waals surface area contributed by atoms with Crippen LogP contribution in [0.15, 0.2) is 18.2 Å². The third-order valence-electron chi connectivity index (χ3n) is 7.27. The number of halogens is 3. The summed E-state index contributed by atoms with van der Waals surface area (Å²) in [6.07, 6.45) is -1.61. The average molecular weight is 580 g/mol. The Bertz CT molecular complexity index is 1380. The number of aliphatic hydroxyl groups excluding tert-OH is 1. The number of aromatic nitrogens is 3. The second kappa shape index (κ2) is 11.4. The summed E-state index contributed by atoms with van der Waals surface area (Å²) >= 11 is 6.37. The predicted molar refractivity (Wildman–Crippen MR) is 138 cm³/mol. The molecule has 0 unspecified atom stereocenters. The summed E-state index contributed by atoms with van der Waals surface area (Å²) < 4.78 is 51.9. The Morgan fingerprint density at radius 2 is 1.90 bits per heavy atom. The summed E-state index contributed by atoms with van der Waals surface area (Å²) in [5.41, 5.74) is 1.01. The van der Waals surface area contributed by atoms with Gasteiger partial charge >= 0.3 is 0 Å². The topological polar surface area (TPSA) is 131 Å². The Balaban J connectivity index is 1.09. The van der Waals surface area contributed by atoms with Crippen LogP contribution in [0.1, 0.15) is 17.5 Å². The molecular weight excluding hydrogens is 552 g/mol. The molecule has 6 rings (SSSR count). The van der Waals surface area contributed by atoms with Crippen molar-refractivity contribution in [3.05, 3.63) is 46.0 Å². The SMILES string of the molecule is O=C(CCc1cc(F)c(CNc2nc3nc(O[C@@H]4CO[C@H]5[C@@H]4OC[C@H]5O)[nH]c3cc2Cl)c(F)c1)N1CCOCC1. The smallest absolute Gasteiger partial charge is 0.296 e. The molecule has 3 N–H and O–H groups in total. The van der Waals surface area contributed by atoms with Gasteiger partial charge in [-0.2, -0.15) is 4.98 Å². The van der Waals surface area contributed by atoms with E-state index >= 15 is 0 Å². The number of H-pyrrole nitrogens is 1. The van der Waals surface area contributed by atoms with Gasteiger partial charge in [-0.1, -0.05) is 11.6 Å². The van der Waals surface area contributed by atoms with Gasteiger partial charge in [0.05, 0.1) is 37.0 Å². The summed E-state index contributed by atoms with van der Waals surface area (Å²) in [4.78, 5) is 25.7. The van der Waals surface area contributed by atoms with Crippen LogP contribution in [0.3, 0.4) is 0 Å². The zero-order chi connectivity index (χ0) is 27.8. The van der Waals surface area contributed by atoms with E-state index < -0.39 is 36.1 Å². The number of nitrogens with zero attached hydrogens (tertiary/aromatic N) is 3. The number of nitrogens with one attached hydrogen (secondary N) is 2. The van der Waals surface area contributed by atoms with E-state index in [1.165, 1.54) is 12.1 Å². The zero-order valence-corrected chi connectivity index (χ0v) is 22.1. The van der Waals surface area contributed by atoms with E-state index in [0.717, 1.165) is 0 Å². The maximum atomic E-state index is 14.8. The van der Waals surface area contributed by atoms with E-state index in [1.807, 2.05) is 0 Å². The third-order valence-corrected chi connectivity index (χ3v) is 7.56. The van der Waals surface area contributed by atoms with Crippen LogP contribution >= 0.6 is 11.6 Å². The average Bonchev–Trinajstić information content (AvgIpc) is 3.63. The van der Waals surface area contributed by atoms with Crippen LogP contribution in [0.5, 0.6) is 6.01 Å². The minimum absolute atomic E-state index is 0.0654. The van der Waals surface area contributed by atoms with Gasteiger partial charge in [-0.3, -0.25) is 4.79 Å². The fourth-order valence-corrected chi connectivity index (χ4v) is 5.35. The van der Waals surface area contributed by atoms with E-state index in [2.05, 4.69) is 20.3 Å². The molecule has 1 amide bonds. The summed E-state index contributed by atoms with van der Waals surface area (Å²) in [6, 6.07) is 4.24. The largest absolute Gasteiger partial charge is 0.456 e. The van der Waals surface area contributed by atoms with Gasteiger partial charge in [-0.05, 0) is 30.2 Å². The lowest BCUT2D eigenvalue weighted by atomic mass is 10.0. The molecule has 214 valence electrons. The van der Waals surface area contributed by atoms with Crippen LogP contribution in [-0.4, -0.2) is 94.8 Å². The van der Waals surface area contributed by atoms with Crippen molar-refractivity contribution in [3.63, 3.8) is 0 Å². The molecule has 2 aromatic heterocycles. The normalized spacial score (nSPS) is 24.4. The van der Waals surface area contributed by atoms with Crippen molar-refractivity contribution in [2.24, 2.45) is 0 Å². The fraction of sp³-hybridized carbons (Fsp3) is 0.500. The molecule has 3 saturated heterocycles. The van der Waals surface area contributed by atoms with Crippen molar-refractivity contribution in [1.29, 1.82) is 0 Å². The predicted octanol–water partition coefficient (Wildman–Crippen LogP) is 2.20. The van der Waals surface area contributed by atoms with Crippen LogP contribution in [-0.2, 0) is 32.0 Å².